The molecule has 0 amide bonds. The van der Waals surface area contributed by atoms with Gasteiger partial charge in [-0.15, -0.1) is 0 Å². The summed E-state index contributed by atoms with van der Waals surface area (Å²) >= 11 is 11.4. The molecule has 138 valence electrons. The fourth-order valence-corrected chi connectivity index (χ4v) is 3.99. The Morgan fingerprint density at radius 2 is 1.77 bits per heavy atom. The van der Waals surface area contributed by atoms with Crippen molar-refractivity contribution in [3.05, 3.63) is 56.5 Å². The number of nitrogens with one attached hydrogen (secondary N) is 2. The highest BCUT2D eigenvalue weighted by molar-refractivity contribution is 7.92. The lowest BCUT2D eigenvalue weighted by molar-refractivity contribution is -0.137. The molecule has 3 rings (SSSR count). The Morgan fingerprint density at radius 3 is 2.42 bits per heavy atom. The summed E-state index contributed by atoms with van der Waals surface area (Å²) in [6.45, 7) is 0. The Labute approximate surface area is 153 Å². The van der Waals surface area contributed by atoms with Crippen molar-refractivity contribution >= 4 is 50.0 Å². The molecule has 6 nitrogen and oxygen atoms in total. The van der Waals surface area contributed by atoms with E-state index >= 15 is 0 Å². The van der Waals surface area contributed by atoms with Crippen molar-refractivity contribution in [3.8, 4) is 0 Å². The van der Waals surface area contributed by atoms with Gasteiger partial charge in [0.2, 0.25) is 0 Å². The maximum absolute atomic E-state index is 12.9. The van der Waals surface area contributed by atoms with Gasteiger partial charge in [0, 0.05) is 11.8 Å². The number of halogens is 5. The fourth-order valence-electron chi connectivity index (χ4n) is 2.17. The number of oxazole rings is 1. The van der Waals surface area contributed by atoms with Gasteiger partial charge in [0.1, 0.15) is 4.90 Å². The topological polar surface area (TPSA) is 92.2 Å². The lowest BCUT2D eigenvalue weighted by Crippen LogP contribution is -2.14. The second-order valence-electron chi connectivity index (χ2n) is 5.09. The lowest BCUT2D eigenvalue weighted by Gasteiger charge is -2.13. The number of hydrogen-bond donors (Lipinski definition) is 2. The number of alkyl halides is 3. The van der Waals surface area contributed by atoms with Crippen LogP contribution in [0.1, 0.15) is 5.56 Å². The van der Waals surface area contributed by atoms with Crippen LogP contribution in [0.25, 0.3) is 11.1 Å². The minimum absolute atomic E-state index is 0.0770. The highest BCUT2D eigenvalue weighted by Crippen LogP contribution is 2.37. The summed E-state index contributed by atoms with van der Waals surface area (Å²) in [5.74, 6) is -0.814. The molecular formula is C14H7Cl2F3N2O4S. The van der Waals surface area contributed by atoms with Crippen molar-refractivity contribution in [2.45, 2.75) is 11.1 Å². The molecule has 0 spiro atoms. The molecule has 1 aromatic heterocycles. The van der Waals surface area contributed by atoms with Crippen LogP contribution in [-0.2, 0) is 16.2 Å². The third kappa shape index (κ3) is 3.53. The quantitative estimate of drug-likeness (QED) is 0.654. The smallest absolute Gasteiger partial charge is 0.408 e. The van der Waals surface area contributed by atoms with E-state index in [0.717, 1.165) is 24.3 Å². The summed E-state index contributed by atoms with van der Waals surface area (Å²) in [6.07, 6.45) is -4.76. The molecule has 0 atom stereocenters. The zero-order chi connectivity index (χ0) is 19.3. The van der Waals surface area contributed by atoms with E-state index in [1.54, 1.807) is 0 Å². The maximum Gasteiger partial charge on any atom is 0.417 e. The number of fused-ring (bicyclic) bond motifs is 1. The third-order valence-corrected chi connectivity index (χ3v) is 5.46. The number of benzene rings is 2. The number of aromatic nitrogens is 1. The van der Waals surface area contributed by atoms with Crippen LogP contribution in [0.3, 0.4) is 0 Å². The van der Waals surface area contributed by atoms with Gasteiger partial charge in [-0.3, -0.25) is 9.71 Å². The Balaban J connectivity index is 2.05. The molecule has 2 aromatic carbocycles. The van der Waals surface area contributed by atoms with Crippen molar-refractivity contribution < 1.29 is 26.0 Å². The Morgan fingerprint density at radius 1 is 1.08 bits per heavy atom. The molecule has 2 N–H and O–H groups in total. The number of sulfonamides is 1. The molecule has 0 bridgehead atoms. The van der Waals surface area contributed by atoms with E-state index in [0.29, 0.717) is 6.07 Å². The normalized spacial score (nSPS) is 12.5. The molecule has 0 aliphatic carbocycles. The lowest BCUT2D eigenvalue weighted by atomic mass is 10.2. The Hall–Kier alpha value is -2.17. The summed E-state index contributed by atoms with van der Waals surface area (Å²) in [4.78, 5) is 13.0. The summed E-state index contributed by atoms with van der Waals surface area (Å²) in [6, 6.07) is 4.68. The van der Waals surface area contributed by atoms with E-state index in [4.69, 9.17) is 27.6 Å². The number of rotatable bonds is 3. The van der Waals surface area contributed by atoms with Gasteiger partial charge in [-0.05, 0) is 24.3 Å². The molecule has 0 radical (unpaired) electrons. The SMILES string of the molecule is O=c1[nH]c2cc(Cl)c(S(=O)(=O)Nc3ccc(Cl)c(C(F)(F)F)c3)cc2o1. The molecule has 0 fully saturated rings. The van der Waals surface area contributed by atoms with E-state index in [2.05, 4.69) is 4.98 Å². The summed E-state index contributed by atoms with van der Waals surface area (Å²) < 4.78 is 70.4. The minimum atomic E-state index is -4.76. The zero-order valence-electron chi connectivity index (χ0n) is 12.3. The van der Waals surface area contributed by atoms with Gasteiger partial charge >= 0.3 is 11.9 Å². The molecule has 0 aliphatic heterocycles. The third-order valence-electron chi connectivity index (χ3n) is 3.29. The first-order valence-electron chi connectivity index (χ1n) is 6.69. The van der Waals surface area contributed by atoms with E-state index in [1.807, 2.05) is 4.72 Å². The average molecular weight is 427 g/mol. The van der Waals surface area contributed by atoms with Crippen molar-refractivity contribution in [1.82, 2.24) is 4.98 Å². The molecule has 12 heteroatoms. The molecule has 0 saturated carbocycles. The van der Waals surface area contributed by atoms with Crippen molar-refractivity contribution in [2.75, 3.05) is 4.72 Å². The van der Waals surface area contributed by atoms with Crippen molar-refractivity contribution in [1.29, 1.82) is 0 Å². The van der Waals surface area contributed by atoms with Gasteiger partial charge in [-0.1, -0.05) is 23.2 Å². The second kappa shape index (κ2) is 6.22. The standard InChI is InChI=1S/C14H7Cl2F3N2O4S/c15-8-2-1-6(3-7(8)14(17,18)19)21-26(23,24)12-5-11-10(4-9(12)16)20-13(22)25-11/h1-5,21H,(H,20,22). The largest absolute Gasteiger partial charge is 0.417 e. The van der Waals surface area contributed by atoms with Gasteiger partial charge in [0.05, 0.1) is 21.1 Å². The maximum atomic E-state index is 12.9. The average Bonchev–Trinajstić information content (AvgIpc) is 2.86. The monoisotopic (exact) mass is 426 g/mol. The van der Waals surface area contributed by atoms with Crippen LogP contribution in [0.2, 0.25) is 10.0 Å². The fraction of sp³-hybridized carbons (Fsp3) is 0.0714. The zero-order valence-corrected chi connectivity index (χ0v) is 14.6. The highest BCUT2D eigenvalue weighted by atomic mass is 35.5. The van der Waals surface area contributed by atoms with Gasteiger partial charge in [0.15, 0.2) is 5.58 Å². The van der Waals surface area contributed by atoms with Crippen LogP contribution in [0, 0.1) is 0 Å². The molecule has 0 saturated heterocycles. The van der Waals surface area contributed by atoms with Gasteiger partial charge in [-0.2, -0.15) is 13.2 Å². The van der Waals surface area contributed by atoms with Gasteiger partial charge in [-0.25, -0.2) is 13.2 Å². The number of aromatic amines is 1. The summed E-state index contributed by atoms with van der Waals surface area (Å²) in [5.41, 5.74) is -1.47. The van der Waals surface area contributed by atoms with Gasteiger partial charge < -0.3 is 4.42 Å². The molecular weight excluding hydrogens is 420 g/mol. The predicted octanol–water partition coefficient (Wildman–Crippen LogP) is 4.25. The van der Waals surface area contributed by atoms with Crippen LogP contribution in [0.5, 0.6) is 0 Å². The van der Waals surface area contributed by atoms with Crippen LogP contribution < -0.4 is 10.5 Å². The first kappa shape index (κ1) is 18.6. The Kier molecular flexibility index (Phi) is 4.45. The summed E-state index contributed by atoms with van der Waals surface area (Å²) in [5, 5.41) is -0.832. The number of H-pyrrole nitrogens is 1. The van der Waals surface area contributed by atoms with Crippen molar-refractivity contribution in [3.63, 3.8) is 0 Å². The van der Waals surface area contributed by atoms with Gasteiger partial charge in [0.25, 0.3) is 10.0 Å². The molecule has 3 aromatic rings. The first-order valence-corrected chi connectivity index (χ1v) is 8.93. The number of anilines is 1. The highest BCUT2D eigenvalue weighted by Gasteiger charge is 2.33. The van der Waals surface area contributed by atoms with E-state index < -0.39 is 37.4 Å². The van der Waals surface area contributed by atoms with Crippen LogP contribution in [0.15, 0.2) is 44.4 Å². The van der Waals surface area contributed by atoms with Crippen LogP contribution in [-0.4, -0.2) is 13.4 Å². The van der Waals surface area contributed by atoms with E-state index in [9.17, 15) is 26.4 Å². The predicted molar refractivity (Wildman–Crippen MR) is 89.1 cm³/mol. The second-order valence-corrected chi connectivity index (χ2v) is 7.56. The van der Waals surface area contributed by atoms with Crippen LogP contribution in [0.4, 0.5) is 18.9 Å². The summed E-state index contributed by atoms with van der Waals surface area (Å²) in [7, 11) is -4.37. The van der Waals surface area contributed by atoms with Crippen molar-refractivity contribution in [2.24, 2.45) is 0 Å². The number of hydrogen-bond acceptors (Lipinski definition) is 4. The van der Waals surface area contributed by atoms with Crippen LogP contribution >= 0.6 is 23.2 Å². The van der Waals surface area contributed by atoms with E-state index in [1.165, 1.54) is 0 Å². The first-order chi connectivity index (χ1) is 12.0. The molecule has 1 heterocycles. The Bertz CT molecular complexity index is 1170. The minimum Gasteiger partial charge on any atom is -0.408 e. The molecule has 0 unspecified atom stereocenters. The van der Waals surface area contributed by atoms with E-state index in [-0.39, 0.29) is 21.8 Å². The molecule has 0 aliphatic rings. The molecule has 26 heavy (non-hydrogen) atoms.